The first-order valence-corrected chi connectivity index (χ1v) is 9.08. The van der Waals surface area contributed by atoms with Crippen LogP contribution in [0.1, 0.15) is 0 Å². The second kappa shape index (κ2) is 8.04. The molecule has 3 rings (SSSR count). The molecule has 0 aliphatic rings. The third-order valence-electron chi connectivity index (χ3n) is 3.15. The number of hydrogen-bond acceptors (Lipinski definition) is 8. The standard InChI is InChI=1S/C16H15N3O4S2/c1-21-10-5-6-12(22-2)11(8-10)17-14(20)9-25-16-19-18-15(23-16)13-4-3-7-24-13/h3-8H,9H2,1-2H3,(H,17,20). The summed E-state index contributed by atoms with van der Waals surface area (Å²) >= 11 is 2.68. The monoisotopic (exact) mass is 377 g/mol. The summed E-state index contributed by atoms with van der Waals surface area (Å²) in [7, 11) is 3.10. The van der Waals surface area contributed by atoms with Crippen LogP contribution in [-0.2, 0) is 4.79 Å². The van der Waals surface area contributed by atoms with E-state index in [-0.39, 0.29) is 11.7 Å². The number of thioether (sulfide) groups is 1. The Morgan fingerprint density at radius 1 is 1.28 bits per heavy atom. The number of hydrogen-bond donors (Lipinski definition) is 1. The summed E-state index contributed by atoms with van der Waals surface area (Å²) in [6, 6.07) is 8.99. The van der Waals surface area contributed by atoms with E-state index in [1.54, 1.807) is 25.3 Å². The number of rotatable bonds is 7. The molecule has 0 spiro atoms. The summed E-state index contributed by atoms with van der Waals surface area (Å²) in [6.07, 6.45) is 0. The predicted molar refractivity (Wildman–Crippen MR) is 96.5 cm³/mol. The maximum atomic E-state index is 12.2. The molecule has 3 aromatic rings. The second-order valence-electron chi connectivity index (χ2n) is 4.75. The van der Waals surface area contributed by atoms with Gasteiger partial charge in [0.25, 0.3) is 11.1 Å². The van der Waals surface area contributed by atoms with Crippen molar-refractivity contribution < 1.29 is 18.7 Å². The van der Waals surface area contributed by atoms with Crippen molar-refractivity contribution in [3.8, 4) is 22.3 Å². The molecule has 1 amide bonds. The number of nitrogens with zero attached hydrogens (tertiary/aromatic N) is 2. The smallest absolute Gasteiger partial charge is 0.277 e. The molecule has 9 heteroatoms. The number of ether oxygens (including phenoxy) is 2. The van der Waals surface area contributed by atoms with Crippen LogP contribution in [0.4, 0.5) is 5.69 Å². The molecular weight excluding hydrogens is 362 g/mol. The minimum atomic E-state index is -0.215. The summed E-state index contributed by atoms with van der Waals surface area (Å²) in [5, 5.41) is 13.0. The van der Waals surface area contributed by atoms with Gasteiger partial charge in [-0.05, 0) is 23.6 Å². The van der Waals surface area contributed by atoms with Gasteiger partial charge in [-0.2, -0.15) is 0 Å². The van der Waals surface area contributed by atoms with Gasteiger partial charge < -0.3 is 19.2 Å². The van der Waals surface area contributed by atoms with Crippen LogP contribution in [0.25, 0.3) is 10.8 Å². The summed E-state index contributed by atoms with van der Waals surface area (Å²) in [4.78, 5) is 13.1. The van der Waals surface area contributed by atoms with Crippen LogP contribution in [0.2, 0.25) is 0 Å². The molecule has 0 bridgehead atoms. The lowest BCUT2D eigenvalue weighted by atomic mass is 10.2. The largest absolute Gasteiger partial charge is 0.497 e. The van der Waals surface area contributed by atoms with Crippen molar-refractivity contribution in [2.24, 2.45) is 0 Å². The molecule has 0 saturated heterocycles. The van der Waals surface area contributed by atoms with Gasteiger partial charge in [0.2, 0.25) is 5.91 Å². The summed E-state index contributed by atoms with van der Waals surface area (Å²) in [5.41, 5.74) is 0.539. The van der Waals surface area contributed by atoms with Crippen molar-refractivity contribution in [1.82, 2.24) is 10.2 Å². The number of amides is 1. The Labute approximate surface area is 152 Å². The van der Waals surface area contributed by atoms with E-state index >= 15 is 0 Å². The highest BCUT2D eigenvalue weighted by atomic mass is 32.2. The van der Waals surface area contributed by atoms with E-state index in [4.69, 9.17) is 13.9 Å². The van der Waals surface area contributed by atoms with Gasteiger partial charge >= 0.3 is 0 Å². The number of thiophene rings is 1. The van der Waals surface area contributed by atoms with Crippen LogP contribution < -0.4 is 14.8 Å². The quantitative estimate of drug-likeness (QED) is 0.630. The normalized spacial score (nSPS) is 10.5. The van der Waals surface area contributed by atoms with Crippen molar-refractivity contribution in [3.05, 3.63) is 35.7 Å². The second-order valence-corrected chi connectivity index (χ2v) is 6.63. The number of carbonyl (C=O) groups is 1. The van der Waals surface area contributed by atoms with Gasteiger partial charge in [-0.15, -0.1) is 21.5 Å². The van der Waals surface area contributed by atoms with Crippen molar-refractivity contribution >= 4 is 34.7 Å². The minimum Gasteiger partial charge on any atom is -0.497 e. The van der Waals surface area contributed by atoms with E-state index < -0.39 is 0 Å². The number of anilines is 1. The van der Waals surface area contributed by atoms with Gasteiger partial charge in [0.05, 0.1) is 30.5 Å². The van der Waals surface area contributed by atoms with Gasteiger partial charge in [-0.25, -0.2) is 0 Å². The molecule has 2 aromatic heterocycles. The van der Waals surface area contributed by atoms with E-state index in [0.717, 1.165) is 4.88 Å². The average molecular weight is 377 g/mol. The lowest BCUT2D eigenvalue weighted by molar-refractivity contribution is -0.113. The lowest BCUT2D eigenvalue weighted by Gasteiger charge is -2.11. The zero-order valence-electron chi connectivity index (χ0n) is 13.5. The first kappa shape index (κ1) is 17.3. The van der Waals surface area contributed by atoms with E-state index in [1.807, 2.05) is 17.5 Å². The molecular formula is C16H15N3O4S2. The van der Waals surface area contributed by atoms with Crippen LogP contribution in [0, 0.1) is 0 Å². The third-order valence-corrected chi connectivity index (χ3v) is 4.82. The minimum absolute atomic E-state index is 0.131. The molecule has 0 fully saturated rings. The number of carbonyl (C=O) groups excluding carboxylic acids is 1. The Morgan fingerprint density at radius 2 is 2.16 bits per heavy atom. The molecule has 1 N–H and O–H groups in total. The summed E-state index contributed by atoms with van der Waals surface area (Å²) in [6.45, 7) is 0. The molecule has 0 unspecified atom stereocenters. The zero-order chi connectivity index (χ0) is 17.6. The maximum Gasteiger partial charge on any atom is 0.277 e. The molecule has 0 radical (unpaired) electrons. The van der Waals surface area contributed by atoms with Crippen LogP contribution >= 0.6 is 23.1 Å². The van der Waals surface area contributed by atoms with Gasteiger partial charge in [0.1, 0.15) is 11.5 Å². The molecule has 1 aromatic carbocycles. The molecule has 0 aliphatic heterocycles. The fraction of sp³-hybridized carbons (Fsp3) is 0.188. The molecule has 7 nitrogen and oxygen atoms in total. The van der Waals surface area contributed by atoms with Crippen LogP contribution in [-0.4, -0.2) is 36.1 Å². The fourth-order valence-corrected chi connectivity index (χ4v) is 3.20. The molecule has 0 aliphatic carbocycles. The summed E-state index contributed by atoms with van der Waals surface area (Å²) < 4.78 is 15.9. The van der Waals surface area contributed by atoms with Crippen molar-refractivity contribution in [2.45, 2.75) is 5.22 Å². The molecule has 0 saturated carbocycles. The zero-order valence-corrected chi connectivity index (χ0v) is 15.1. The van der Waals surface area contributed by atoms with Crippen LogP contribution in [0.15, 0.2) is 45.4 Å². The van der Waals surface area contributed by atoms with Gasteiger partial charge in [0, 0.05) is 6.07 Å². The van der Waals surface area contributed by atoms with E-state index in [2.05, 4.69) is 15.5 Å². The van der Waals surface area contributed by atoms with Gasteiger partial charge in [-0.3, -0.25) is 4.79 Å². The Bertz CT molecular complexity index is 849. The van der Waals surface area contributed by atoms with Crippen LogP contribution in [0.5, 0.6) is 11.5 Å². The highest BCUT2D eigenvalue weighted by molar-refractivity contribution is 7.99. The topological polar surface area (TPSA) is 86.5 Å². The first-order valence-electron chi connectivity index (χ1n) is 7.21. The maximum absolute atomic E-state index is 12.2. The molecule has 130 valence electrons. The van der Waals surface area contributed by atoms with Crippen molar-refractivity contribution in [3.63, 3.8) is 0 Å². The van der Waals surface area contributed by atoms with E-state index in [9.17, 15) is 4.79 Å². The van der Waals surface area contributed by atoms with Gasteiger partial charge in [0.15, 0.2) is 0 Å². The van der Waals surface area contributed by atoms with Gasteiger partial charge in [-0.1, -0.05) is 17.8 Å². The van der Waals surface area contributed by atoms with Crippen molar-refractivity contribution in [2.75, 3.05) is 25.3 Å². The SMILES string of the molecule is COc1ccc(OC)c(NC(=O)CSc2nnc(-c3cccs3)o2)c1. The number of aromatic nitrogens is 2. The summed E-state index contributed by atoms with van der Waals surface area (Å²) in [5.74, 6) is 1.55. The third kappa shape index (κ3) is 4.31. The number of nitrogens with one attached hydrogen (secondary N) is 1. The Hall–Kier alpha value is -2.52. The highest BCUT2D eigenvalue weighted by Crippen LogP contribution is 2.30. The van der Waals surface area contributed by atoms with Crippen LogP contribution in [0.3, 0.4) is 0 Å². The first-order chi connectivity index (χ1) is 12.2. The number of methoxy groups -OCH3 is 2. The van der Waals surface area contributed by atoms with E-state index in [1.165, 1.54) is 30.2 Å². The Morgan fingerprint density at radius 3 is 2.88 bits per heavy atom. The lowest BCUT2D eigenvalue weighted by Crippen LogP contribution is -2.14. The Kier molecular flexibility index (Phi) is 5.56. The predicted octanol–water partition coefficient (Wildman–Crippen LogP) is 3.55. The van der Waals surface area contributed by atoms with E-state index in [0.29, 0.717) is 28.3 Å². The Balaban J connectivity index is 1.60. The molecule has 0 atom stereocenters. The van der Waals surface area contributed by atoms with Crippen molar-refractivity contribution in [1.29, 1.82) is 0 Å². The fourth-order valence-electron chi connectivity index (χ4n) is 1.99. The average Bonchev–Trinajstić information content (AvgIpc) is 3.31. The molecule has 25 heavy (non-hydrogen) atoms. The molecule has 2 heterocycles. The highest BCUT2D eigenvalue weighted by Gasteiger charge is 2.13. The number of benzene rings is 1.